The van der Waals surface area contributed by atoms with Crippen LogP contribution in [0.25, 0.3) is 0 Å². The minimum atomic E-state index is -4.41. The molecule has 0 amide bonds. The molecule has 3 aromatic carbocycles. The lowest BCUT2D eigenvalue weighted by atomic mass is 10.1. The zero-order valence-corrected chi connectivity index (χ0v) is 17.8. The second-order valence-electron chi connectivity index (χ2n) is 6.41. The first-order valence-electron chi connectivity index (χ1n) is 8.96. The van der Waals surface area contributed by atoms with Crippen LogP contribution in [0.2, 0.25) is 0 Å². The number of hydrogen-bond acceptors (Lipinski definition) is 6. The quantitative estimate of drug-likeness (QED) is 0.569. The molecule has 7 nitrogen and oxygen atoms in total. The molecular weight excluding hydrogens is 426 g/mol. The Morgan fingerprint density at radius 3 is 1.60 bits per heavy atom. The van der Waals surface area contributed by atoms with E-state index in [1.54, 1.807) is 24.3 Å². The number of ether oxygens (including phenoxy) is 1. The van der Waals surface area contributed by atoms with Crippen LogP contribution in [0.3, 0.4) is 0 Å². The predicted octanol–water partition coefficient (Wildman–Crippen LogP) is 3.16. The van der Waals surface area contributed by atoms with Gasteiger partial charge < -0.3 is 9.84 Å². The highest BCUT2D eigenvalue weighted by Crippen LogP contribution is 2.29. The summed E-state index contributed by atoms with van der Waals surface area (Å²) in [5.74, 6) is 0.0271. The first-order chi connectivity index (χ1) is 14.3. The molecule has 0 heterocycles. The molecular formula is C21H21NO6S2. The number of phenolic OH excluding ortho intramolecular Hbond substituents is 1. The van der Waals surface area contributed by atoms with Gasteiger partial charge >= 0.3 is 0 Å². The van der Waals surface area contributed by atoms with Gasteiger partial charge in [-0.05, 0) is 42.0 Å². The lowest BCUT2D eigenvalue weighted by Crippen LogP contribution is -2.40. The first-order valence-corrected chi connectivity index (χ1v) is 11.8. The molecule has 0 aromatic heterocycles. The molecule has 0 saturated carbocycles. The molecule has 0 bridgehead atoms. The van der Waals surface area contributed by atoms with Crippen molar-refractivity contribution in [3.05, 3.63) is 90.5 Å². The van der Waals surface area contributed by atoms with Gasteiger partial charge in [0.1, 0.15) is 5.75 Å². The fraction of sp³-hybridized carbons (Fsp3) is 0.143. The monoisotopic (exact) mass is 447 g/mol. The van der Waals surface area contributed by atoms with E-state index < -0.39 is 32.7 Å². The zero-order chi connectivity index (χ0) is 21.8. The standard InChI is InChI=1S/C21H21NO6S2/c1-28-21(17-12-14-18(23)15-13-17)16-22(29(24,25)19-8-4-2-5-9-19)30(26,27)20-10-6-3-7-11-20/h2-15,21,23H,16H2,1H3. The molecule has 0 spiro atoms. The minimum Gasteiger partial charge on any atom is -0.508 e. The molecule has 1 atom stereocenters. The normalized spacial score (nSPS) is 13.3. The van der Waals surface area contributed by atoms with E-state index in [1.807, 2.05) is 0 Å². The van der Waals surface area contributed by atoms with Gasteiger partial charge in [0.15, 0.2) is 0 Å². The molecule has 0 aliphatic carbocycles. The summed E-state index contributed by atoms with van der Waals surface area (Å²) in [6, 6.07) is 20.7. The Kier molecular flexibility index (Phi) is 6.57. The van der Waals surface area contributed by atoms with Crippen molar-refractivity contribution < 1.29 is 26.7 Å². The molecule has 0 saturated heterocycles. The summed E-state index contributed by atoms with van der Waals surface area (Å²) in [6.07, 6.45) is -0.887. The van der Waals surface area contributed by atoms with Crippen LogP contribution < -0.4 is 0 Å². The van der Waals surface area contributed by atoms with E-state index in [-0.39, 0.29) is 15.5 Å². The molecule has 0 aliphatic heterocycles. The van der Waals surface area contributed by atoms with Gasteiger partial charge in [-0.15, -0.1) is 0 Å². The van der Waals surface area contributed by atoms with Crippen molar-refractivity contribution in [1.82, 2.24) is 3.71 Å². The third-order valence-corrected chi connectivity index (χ3v) is 8.77. The second-order valence-corrected chi connectivity index (χ2v) is 10.4. The molecule has 1 N–H and O–H groups in total. The SMILES string of the molecule is COC(CN(S(=O)(=O)c1ccccc1)S(=O)(=O)c1ccccc1)c1ccc(O)cc1. The largest absolute Gasteiger partial charge is 0.508 e. The van der Waals surface area contributed by atoms with Crippen molar-refractivity contribution in [2.45, 2.75) is 15.9 Å². The van der Waals surface area contributed by atoms with Crippen LogP contribution in [-0.4, -0.2) is 39.3 Å². The van der Waals surface area contributed by atoms with Crippen molar-refractivity contribution in [3.63, 3.8) is 0 Å². The fourth-order valence-electron chi connectivity index (χ4n) is 2.89. The Morgan fingerprint density at radius 1 is 0.767 bits per heavy atom. The van der Waals surface area contributed by atoms with Crippen LogP contribution in [0.5, 0.6) is 5.75 Å². The Bertz CT molecular complexity index is 1110. The molecule has 0 radical (unpaired) electrons. The maximum Gasteiger partial charge on any atom is 0.256 e. The number of aromatic hydroxyl groups is 1. The maximum atomic E-state index is 13.3. The number of methoxy groups -OCH3 is 1. The molecule has 3 rings (SSSR count). The summed E-state index contributed by atoms with van der Waals surface area (Å²) in [7, 11) is -7.46. The molecule has 3 aromatic rings. The van der Waals surface area contributed by atoms with Crippen LogP contribution in [0.1, 0.15) is 11.7 Å². The van der Waals surface area contributed by atoms with Crippen LogP contribution in [0.15, 0.2) is 94.7 Å². The lowest BCUT2D eigenvalue weighted by molar-refractivity contribution is 0.0962. The van der Waals surface area contributed by atoms with Gasteiger partial charge in [0.2, 0.25) is 0 Å². The molecule has 0 aliphatic rings. The van der Waals surface area contributed by atoms with Gasteiger partial charge in [-0.2, -0.15) is 0 Å². The van der Waals surface area contributed by atoms with Crippen molar-refractivity contribution >= 4 is 20.0 Å². The van der Waals surface area contributed by atoms with E-state index in [4.69, 9.17) is 4.74 Å². The average Bonchev–Trinajstić information content (AvgIpc) is 2.76. The van der Waals surface area contributed by atoms with Gasteiger partial charge in [0.05, 0.1) is 22.4 Å². The minimum absolute atomic E-state index is 0.0271. The van der Waals surface area contributed by atoms with Crippen LogP contribution >= 0.6 is 0 Å². The highest BCUT2D eigenvalue weighted by atomic mass is 32.3. The zero-order valence-electron chi connectivity index (χ0n) is 16.1. The number of hydrogen-bond donors (Lipinski definition) is 1. The Hall–Kier alpha value is -2.72. The summed E-state index contributed by atoms with van der Waals surface area (Å²) in [4.78, 5) is -0.296. The average molecular weight is 448 g/mol. The third-order valence-electron chi connectivity index (χ3n) is 4.48. The number of phenols is 1. The van der Waals surface area contributed by atoms with E-state index in [1.165, 1.54) is 67.8 Å². The Morgan fingerprint density at radius 2 is 1.20 bits per heavy atom. The summed E-state index contributed by atoms with van der Waals surface area (Å²) in [5.41, 5.74) is 0.520. The Balaban J connectivity index is 2.11. The van der Waals surface area contributed by atoms with Gasteiger partial charge in [-0.1, -0.05) is 52.2 Å². The summed E-state index contributed by atoms with van der Waals surface area (Å²) in [6.45, 7) is -0.476. The van der Waals surface area contributed by atoms with Crippen molar-refractivity contribution in [3.8, 4) is 5.75 Å². The number of nitrogens with zero attached hydrogens (tertiary/aromatic N) is 1. The second kappa shape index (κ2) is 8.97. The fourth-order valence-corrected chi connectivity index (χ4v) is 6.57. The summed E-state index contributed by atoms with van der Waals surface area (Å²) in [5, 5.41) is 9.51. The maximum absolute atomic E-state index is 13.3. The molecule has 158 valence electrons. The van der Waals surface area contributed by atoms with E-state index >= 15 is 0 Å². The number of sulfonamides is 2. The van der Waals surface area contributed by atoms with Crippen molar-refractivity contribution in [2.24, 2.45) is 0 Å². The predicted molar refractivity (Wildman–Crippen MR) is 112 cm³/mol. The molecule has 1 unspecified atom stereocenters. The van der Waals surface area contributed by atoms with Crippen LogP contribution in [0, 0.1) is 0 Å². The van der Waals surface area contributed by atoms with E-state index in [2.05, 4.69) is 0 Å². The number of rotatable bonds is 8. The summed E-state index contributed by atoms with van der Waals surface area (Å²) < 4.78 is 59.2. The molecule has 9 heteroatoms. The molecule has 0 fully saturated rings. The van der Waals surface area contributed by atoms with E-state index in [9.17, 15) is 21.9 Å². The first kappa shape index (κ1) is 22.0. The highest BCUT2D eigenvalue weighted by Gasteiger charge is 2.38. The van der Waals surface area contributed by atoms with E-state index in [0.717, 1.165) is 0 Å². The summed E-state index contributed by atoms with van der Waals surface area (Å²) >= 11 is 0. The Labute approximate surface area is 176 Å². The van der Waals surface area contributed by atoms with Gasteiger partial charge in [-0.25, -0.2) is 16.8 Å². The topological polar surface area (TPSA) is 101 Å². The van der Waals surface area contributed by atoms with Gasteiger partial charge in [0.25, 0.3) is 20.0 Å². The van der Waals surface area contributed by atoms with Gasteiger partial charge in [-0.3, -0.25) is 0 Å². The molecule has 30 heavy (non-hydrogen) atoms. The highest BCUT2D eigenvalue weighted by molar-refractivity contribution is 8.04. The van der Waals surface area contributed by atoms with Gasteiger partial charge in [0, 0.05) is 7.11 Å². The van der Waals surface area contributed by atoms with Crippen molar-refractivity contribution in [1.29, 1.82) is 0 Å². The van der Waals surface area contributed by atoms with E-state index in [0.29, 0.717) is 9.27 Å². The smallest absolute Gasteiger partial charge is 0.256 e. The number of benzene rings is 3. The third kappa shape index (κ3) is 4.54. The van der Waals surface area contributed by atoms with Crippen LogP contribution in [0.4, 0.5) is 0 Å². The lowest BCUT2D eigenvalue weighted by Gasteiger charge is -2.26. The van der Waals surface area contributed by atoms with Crippen molar-refractivity contribution in [2.75, 3.05) is 13.7 Å². The van der Waals surface area contributed by atoms with Crippen LogP contribution in [-0.2, 0) is 24.8 Å².